The van der Waals surface area contributed by atoms with Crippen molar-refractivity contribution in [2.24, 2.45) is 11.1 Å². The SMILES string of the molecule is CNC(CCOCC(F)(F)F)C(=O)N(C=O)[C@H]1CC2(C[C@H](Oc3ncccc3C(N)=O)C2)C1. The number of nitrogens with two attached hydrogens (primary N) is 1. The summed E-state index contributed by atoms with van der Waals surface area (Å²) in [7, 11) is 1.50. The lowest BCUT2D eigenvalue weighted by atomic mass is 9.52. The van der Waals surface area contributed by atoms with E-state index in [9.17, 15) is 27.6 Å². The number of likely N-dealkylation sites (N-methyl/N-ethyl adjacent to an activating group) is 1. The van der Waals surface area contributed by atoms with E-state index < -0.39 is 30.6 Å². The Kier molecular flexibility index (Phi) is 7.58. The number of amides is 3. The van der Waals surface area contributed by atoms with Crippen LogP contribution in [-0.2, 0) is 14.3 Å². The van der Waals surface area contributed by atoms with E-state index in [0.717, 1.165) is 4.90 Å². The maximum Gasteiger partial charge on any atom is 0.411 e. The number of hydrogen-bond acceptors (Lipinski definition) is 7. The normalized spacial score (nSPS) is 25.0. The van der Waals surface area contributed by atoms with E-state index in [0.29, 0.717) is 32.1 Å². The Morgan fingerprint density at radius 2 is 2.06 bits per heavy atom. The van der Waals surface area contributed by atoms with Crippen molar-refractivity contribution >= 4 is 18.2 Å². The molecule has 9 nitrogen and oxygen atoms in total. The number of hydrogen-bond donors (Lipinski definition) is 2. The summed E-state index contributed by atoms with van der Waals surface area (Å²) in [4.78, 5) is 41.0. The molecule has 33 heavy (non-hydrogen) atoms. The molecule has 1 unspecified atom stereocenters. The second kappa shape index (κ2) is 10.0. The molecule has 0 radical (unpaired) electrons. The van der Waals surface area contributed by atoms with E-state index in [-0.39, 0.29) is 42.0 Å². The molecule has 2 saturated carbocycles. The third-order valence-corrected chi connectivity index (χ3v) is 6.20. The number of halogens is 3. The molecule has 3 amide bonds. The first-order valence-electron chi connectivity index (χ1n) is 10.6. The van der Waals surface area contributed by atoms with Crippen LogP contribution in [0.1, 0.15) is 42.5 Å². The standard InChI is InChI=1S/C21H27F3N4O5/c1-26-16(4-6-32-11-21(22,23)24)19(31)28(12-29)13-7-20(8-13)9-14(10-20)33-18-15(17(25)30)3-2-5-27-18/h2-3,5,12-14,16,26H,4,6-11H2,1H3,(H2,25,30)/t13-,14-,16?,20?. The average molecular weight is 472 g/mol. The van der Waals surface area contributed by atoms with Gasteiger partial charge in [0, 0.05) is 18.8 Å². The van der Waals surface area contributed by atoms with Crippen LogP contribution in [-0.4, -0.2) is 72.7 Å². The molecule has 2 aliphatic carbocycles. The van der Waals surface area contributed by atoms with Crippen LogP contribution in [0.5, 0.6) is 5.88 Å². The van der Waals surface area contributed by atoms with Gasteiger partial charge >= 0.3 is 6.18 Å². The number of alkyl halides is 3. The first kappa shape index (κ1) is 24.9. The molecule has 3 rings (SSSR count). The van der Waals surface area contributed by atoms with Gasteiger partial charge < -0.3 is 20.5 Å². The molecular weight excluding hydrogens is 445 g/mol. The highest BCUT2D eigenvalue weighted by Crippen LogP contribution is 2.58. The Morgan fingerprint density at radius 1 is 1.36 bits per heavy atom. The van der Waals surface area contributed by atoms with Gasteiger partial charge in [0.2, 0.25) is 18.2 Å². The summed E-state index contributed by atoms with van der Waals surface area (Å²) in [6.45, 7) is -1.65. The third-order valence-electron chi connectivity index (χ3n) is 6.20. The molecule has 12 heteroatoms. The highest BCUT2D eigenvalue weighted by molar-refractivity contribution is 5.95. The molecule has 182 valence electrons. The summed E-state index contributed by atoms with van der Waals surface area (Å²) in [6, 6.07) is 2.03. The van der Waals surface area contributed by atoms with Gasteiger partial charge in [0.25, 0.3) is 5.91 Å². The zero-order valence-corrected chi connectivity index (χ0v) is 18.1. The quantitative estimate of drug-likeness (QED) is 0.369. The number of imide groups is 1. The number of aromatic nitrogens is 1. The topological polar surface area (TPSA) is 124 Å². The molecule has 0 bridgehead atoms. The van der Waals surface area contributed by atoms with Crippen molar-refractivity contribution in [3.63, 3.8) is 0 Å². The zero-order chi connectivity index (χ0) is 24.2. The lowest BCUT2D eigenvalue weighted by Gasteiger charge is -2.58. The monoisotopic (exact) mass is 472 g/mol. The van der Waals surface area contributed by atoms with E-state index in [1.165, 1.54) is 13.2 Å². The van der Waals surface area contributed by atoms with Crippen LogP contribution in [0, 0.1) is 5.41 Å². The number of carbonyl (C=O) groups excluding carboxylic acids is 3. The second-order valence-electron chi connectivity index (χ2n) is 8.58. The summed E-state index contributed by atoms with van der Waals surface area (Å²) in [5.41, 5.74) is 5.49. The van der Waals surface area contributed by atoms with Crippen molar-refractivity contribution in [1.29, 1.82) is 0 Å². The van der Waals surface area contributed by atoms with Gasteiger partial charge in [-0.3, -0.25) is 19.3 Å². The minimum absolute atomic E-state index is 0.00972. The number of pyridine rings is 1. The molecule has 1 aromatic heterocycles. The van der Waals surface area contributed by atoms with Gasteiger partial charge in [0.1, 0.15) is 18.3 Å². The highest BCUT2D eigenvalue weighted by atomic mass is 19.4. The first-order chi connectivity index (χ1) is 15.6. The van der Waals surface area contributed by atoms with E-state index in [2.05, 4.69) is 15.0 Å². The van der Waals surface area contributed by atoms with Gasteiger partial charge in [-0.05, 0) is 56.7 Å². The molecule has 1 atom stereocenters. The fourth-order valence-corrected chi connectivity index (χ4v) is 4.57. The number of nitrogens with one attached hydrogen (secondary N) is 1. The summed E-state index contributed by atoms with van der Waals surface area (Å²) >= 11 is 0. The smallest absolute Gasteiger partial charge is 0.411 e. The predicted octanol–water partition coefficient (Wildman–Crippen LogP) is 1.41. The van der Waals surface area contributed by atoms with E-state index in [4.69, 9.17) is 10.5 Å². The zero-order valence-electron chi connectivity index (χ0n) is 18.1. The van der Waals surface area contributed by atoms with Gasteiger partial charge in [-0.15, -0.1) is 0 Å². The van der Waals surface area contributed by atoms with Crippen LogP contribution >= 0.6 is 0 Å². The van der Waals surface area contributed by atoms with Gasteiger partial charge in [-0.25, -0.2) is 4.98 Å². The average Bonchev–Trinajstić information content (AvgIpc) is 2.70. The van der Waals surface area contributed by atoms with E-state index >= 15 is 0 Å². The molecule has 2 fully saturated rings. The maximum atomic E-state index is 12.7. The van der Waals surface area contributed by atoms with Crippen LogP contribution in [0.3, 0.4) is 0 Å². The van der Waals surface area contributed by atoms with Crippen molar-refractivity contribution in [3.8, 4) is 5.88 Å². The van der Waals surface area contributed by atoms with Crippen molar-refractivity contribution in [3.05, 3.63) is 23.9 Å². The summed E-state index contributed by atoms with van der Waals surface area (Å²) < 4.78 is 46.9. The van der Waals surface area contributed by atoms with Crippen LogP contribution in [0.25, 0.3) is 0 Å². The third kappa shape index (κ3) is 5.99. The Morgan fingerprint density at radius 3 is 2.64 bits per heavy atom. The molecule has 1 aromatic rings. The fourth-order valence-electron chi connectivity index (χ4n) is 4.57. The number of rotatable bonds is 11. The maximum absolute atomic E-state index is 12.7. The molecule has 0 saturated heterocycles. The molecule has 0 aliphatic heterocycles. The first-order valence-corrected chi connectivity index (χ1v) is 10.6. The van der Waals surface area contributed by atoms with E-state index in [1.807, 2.05) is 0 Å². The predicted molar refractivity (Wildman–Crippen MR) is 109 cm³/mol. The molecule has 2 aliphatic rings. The minimum Gasteiger partial charge on any atom is -0.474 e. The number of nitrogens with zero attached hydrogens (tertiary/aromatic N) is 2. The van der Waals surface area contributed by atoms with Gasteiger partial charge in [-0.1, -0.05) is 0 Å². The molecular formula is C21H27F3N4O5. The number of ether oxygens (including phenoxy) is 2. The van der Waals surface area contributed by atoms with Crippen molar-refractivity contribution in [2.75, 3.05) is 20.3 Å². The van der Waals surface area contributed by atoms with Gasteiger partial charge in [-0.2, -0.15) is 13.2 Å². The fraction of sp³-hybridized carbons (Fsp3) is 0.619. The van der Waals surface area contributed by atoms with E-state index in [1.54, 1.807) is 12.1 Å². The Hall–Kier alpha value is -2.73. The molecule has 1 spiro atoms. The summed E-state index contributed by atoms with van der Waals surface area (Å²) in [5, 5.41) is 2.74. The van der Waals surface area contributed by atoms with Crippen molar-refractivity contribution in [2.45, 2.75) is 56.5 Å². The minimum atomic E-state index is -4.43. The van der Waals surface area contributed by atoms with Crippen molar-refractivity contribution in [1.82, 2.24) is 15.2 Å². The van der Waals surface area contributed by atoms with Crippen LogP contribution < -0.4 is 15.8 Å². The number of primary amides is 1. The number of carbonyl (C=O) groups is 3. The molecule has 3 N–H and O–H groups in total. The Bertz CT molecular complexity index is 868. The van der Waals surface area contributed by atoms with Crippen molar-refractivity contribution < 1.29 is 37.0 Å². The van der Waals surface area contributed by atoms with Crippen LogP contribution in [0.4, 0.5) is 13.2 Å². The lowest BCUT2D eigenvalue weighted by molar-refractivity contribution is -0.174. The lowest BCUT2D eigenvalue weighted by Crippen LogP contribution is -2.61. The molecule has 1 heterocycles. The Labute approximate surface area is 188 Å². The summed E-state index contributed by atoms with van der Waals surface area (Å²) in [5.74, 6) is -0.927. The van der Waals surface area contributed by atoms with Crippen LogP contribution in [0.15, 0.2) is 18.3 Å². The van der Waals surface area contributed by atoms with Gasteiger partial charge in [0.15, 0.2) is 0 Å². The molecule has 0 aromatic carbocycles. The summed E-state index contributed by atoms with van der Waals surface area (Å²) in [6.07, 6.45) is 0.0318. The van der Waals surface area contributed by atoms with Crippen LogP contribution in [0.2, 0.25) is 0 Å². The van der Waals surface area contributed by atoms with Gasteiger partial charge in [0.05, 0.1) is 6.04 Å². The highest BCUT2D eigenvalue weighted by Gasteiger charge is 2.56. The Balaban J connectivity index is 1.47. The largest absolute Gasteiger partial charge is 0.474 e. The second-order valence-corrected chi connectivity index (χ2v) is 8.58.